The number of benzene rings is 1. The third-order valence-electron chi connectivity index (χ3n) is 4.49. The average molecular weight is 383 g/mol. The molecule has 6 nitrogen and oxygen atoms in total. The summed E-state index contributed by atoms with van der Waals surface area (Å²) in [4.78, 5) is 25.8. The van der Waals surface area contributed by atoms with Crippen LogP contribution >= 0.6 is 23.2 Å². The summed E-state index contributed by atoms with van der Waals surface area (Å²) in [6, 6.07) is 5.00. The summed E-state index contributed by atoms with van der Waals surface area (Å²) in [5.41, 5.74) is 0.950. The van der Waals surface area contributed by atoms with Gasteiger partial charge in [-0.25, -0.2) is 0 Å². The van der Waals surface area contributed by atoms with E-state index in [1.54, 1.807) is 25.1 Å². The number of aliphatic carboxylic acids is 1. The van der Waals surface area contributed by atoms with Gasteiger partial charge in [0.2, 0.25) is 0 Å². The van der Waals surface area contributed by atoms with Crippen LogP contribution in [0.15, 0.2) is 22.7 Å². The van der Waals surface area contributed by atoms with Crippen molar-refractivity contribution in [3.05, 3.63) is 39.6 Å². The number of hydrogen-bond donors (Lipinski definition) is 1. The van der Waals surface area contributed by atoms with Crippen LogP contribution in [0.3, 0.4) is 0 Å². The zero-order valence-corrected chi connectivity index (χ0v) is 15.1. The molecule has 132 valence electrons. The molecule has 3 rings (SSSR count). The molecular formula is C17H16Cl2N2O4. The van der Waals surface area contributed by atoms with Gasteiger partial charge in [0, 0.05) is 18.7 Å². The van der Waals surface area contributed by atoms with Gasteiger partial charge in [0.15, 0.2) is 0 Å². The summed E-state index contributed by atoms with van der Waals surface area (Å²) in [6.45, 7) is 3.95. The third-order valence-corrected chi connectivity index (χ3v) is 5.12. The lowest BCUT2D eigenvalue weighted by Crippen LogP contribution is -2.30. The maximum atomic E-state index is 13.0. The number of rotatable bonds is 3. The molecule has 1 aromatic heterocycles. The largest absolute Gasteiger partial charge is 0.481 e. The summed E-state index contributed by atoms with van der Waals surface area (Å²) in [6.07, 6.45) is 0. The van der Waals surface area contributed by atoms with Gasteiger partial charge in [-0.15, -0.1) is 0 Å². The highest BCUT2D eigenvalue weighted by molar-refractivity contribution is 6.39. The Labute approximate surface area is 154 Å². The predicted molar refractivity (Wildman–Crippen MR) is 92.9 cm³/mol. The predicted octanol–water partition coefficient (Wildman–Crippen LogP) is 3.75. The van der Waals surface area contributed by atoms with Crippen LogP contribution in [-0.4, -0.2) is 40.1 Å². The Morgan fingerprint density at radius 2 is 1.92 bits per heavy atom. The Bertz CT molecular complexity index is 829. The van der Waals surface area contributed by atoms with Gasteiger partial charge in [-0.2, -0.15) is 0 Å². The first-order chi connectivity index (χ1) is 11.8. The molecule has 0 bridgehead atoms. The second-order valence-corrected chi connectivity index (χ2v) is 7.01. The molecule has 8 heteroatoms. The van der Waals surface area contributed by atoms with Crippen LogP contribution < -0.4 is 0 Å². The first-order valence-electron chi connectivity index (χ1n) is 7.74. The molecule has 1 aliphatic rings. The van der Waals surface area contributed by atoms with Crippen molar-refractivity contribution in [3.63, 3.8) is 0 Å². The topological polar surface area (TPSA) is 83.6 Å². The van der Waals surface area contributed by atoms with Crippen LogP contribution in [0.4, 0.5) is 0 Å². The maximum Gasteiger partial charge on any atom is 0.308 e. The van der Waals surface area contributed by atoms with Gasteiger partial charge in [0.05, 0.1) is 16.0 Å². The van der Waals surface area contributed by atoms with E-state index in [0.29, 0.717) is 27.9 Å². The van der Waals surface area contributed by atoms with E-state index in [2.05, 4.69) is 5.16 Å². The molecular weight excluding hydrogens is 367 g/mol. The van der Waals surface area contributed by atoms with Crippen LogP contribution in [0.5, 0.6) is 0 Å². The molecule has 2 atom stereocenters. The number of likely N-dealkylation sites (tertiary alicyclic amines) is 1. The standard InChI is InChI=1S/C17H16Cl2N2O4/c1-8-6-21(7-10(8)17(23)24)16(22)13-9(2)25-20-15(13)14-11(18)4-3-5-12(14)19/h3-5,8,10H,6-7H2,1-2H3,(H,23,24)/t8-,10-/m1/s1. The van der Waals surface area contributed by atoms with E-state index in [1.807, 2.05) is 6.92 Å². The molecule has 1 N–H and O–H groups in total. The Hall–Kier alpha value is -2.05. The molecule has 0 unspecified atom stereocenters. The molecule has 1 amide bonds. The van der Waals surface area contributed by atoms with Crippen LogP contribution in [0.2, 0.25) is 10.0 Å². The number of carbonyl (C=O) groups excluding carboxylic acids is 1. The fourth-order valence-electron chi connectivity index (χ4n) is 3.13. The van der Waals surface area contributed by atoms with Gasteiger partial charge in [-0.1, -0.05) is 41.3 Å². The van der Waals surface area contributed by atoms with E-state index in [0.717, 1.165) is 0 Å². The molecule has 1 fully saturated rings. The van der Waals surface area contributed by atoms with Crippen molar-refractivity contribution in [2.45, 2.75) is 13.8 Å². The molecule has 0 radical (unpaired) electrons. The van der Waals surface area contributed by atoms with Crippen LogP contribution in [-0.2, 0) is 4.79 Å². The lowest BCUT2D eigenvalue weighted by molar-refractivity contribution is -0.142. The number of amides is 1. The molecule has 1 aromatic carbocycles. The number of halogens is 2. The molecule has 1 aliphatic heterocycles. The lowest BCUT2D eigenvalue weighted by atomic mass is 9.99. The van der Waals surface area contributed by atoms with Crippen molar-refractivity contribution >= 4 is 35.1 Å². The number of aryl methyl sites for hydroxylation is 1. The van der Waals surface area contributed by atoms with Gasteiger partial charge < -0.3 is 14.5 Å². The van der Waals surface area contributed by atoms with Gasteiger partial charge in [-0.3, -0.25) is 9.59 Å². The first-order valence-corrected chi connectivity index (χ1v) is 8.49. The first kappa shape index (κ1) is 17.8. The fourth-order valence-corrected chi connectivity index (χ4v) is 3.71. The zero-order chi connectivity index (χ0) is 18.3. The second-order valence-electron chi connectivity index (χ2n) is 6.19. The van der Waals surface area contributed by atoms with Crippen molar-refractivity contribution < 1.29 is 19.2 Å². The van der Waals surface area contributed by atoms with E-state index in [1.165, 1.54) is 4.90 Å². The molecule has 0 saturated carbocycles. The number of carboxylic acids is 1. The minimum atomic E-state index is -0.904. The van der Waals surface area contributed by atoms with Crippen LogP contribution in [0.1, 0.15) is 23.0 Å². The van der Waals surface area contributed by atoms with Gasteiger partial charge >= 0.3 is 5.97 Å². The van der Waals surface area contributed by atoms with E-state index in [4.69, 9.17) is 27.7 Å². The average Bonchev–Trinajstić information content (AvgIpc) is 3.10. The Kier molecular flexibility index (Phi) is 4.75. The molecule has 1 saturated heterocycles. The van der Waals surface area contributed by atoms with Gasteiger partial charge in [0.1, 0.15) is 17.0 Å². The van der Waals surface area contributed by atoms with Gasteiger partial charge in [-0.05, 0) is 25.0 Å². The molecule has 2 aromatic rings. The minimum absolute atomic E-state index is 0.131. The highest BCUT2D eigenvalue weighted by atomic mass is 35.5. The summed E-state index contributed by atoms with van der Waals surface area (Å²) in [5.74, 6) is -1.62. The van der Waals surface area contributed by atoms with Crippen molar-refractivity contribution in [3.8, 4) is 11.3 Å². The van der Waals surface area contributed by atoms with Crippen LogP contribution in [0, 0.1) is 18.8 Å². The summed E-state index contributed by atoms with van der Waals surface area (Å²) >= 11 is 12.5. The summed E-state index contributed by atoms with van der Waals surface area (Å²) in [7, 11) is 0. The Morgan fingerprint density at radius 1 is 1.28 bits per heavy atom. The fraction of sp³-hybridized carbons (Fsp3) is 0.353. The normalized spacial score (nSPS) is 20.1. The zero-order valence-electron chi connectivity index (χ0n) is 13.6. The monoisotopic (exact) mass is 382 g/mol. The number of carboxylic acid groups (broad SMARTS) is 1. The molecule has 0 spiro atoms. The Balaban J connectivity index is 2.01. The van der Waals surface area contributed by atoms with Crippen molar-refractivity contribution in [1.82, 2.24) is 10.1 Å². The van der Waals surface area contributed by atoms with Crippen molar-refractivity contribution in [2.75, 3.05) is 13.1 Å². The molecule has 25 heavy (non-hydrogen) atoms. The van der Waals surface area contributed by atoms with Crippen molar-refractivity contribution in [2.24, 2.45) is 11.8 Å². The SMILES string of the molecule is Cc1onc(-c2c(Cl)cccc2Cl)c1C(=O)N1C[C@@H](C)[C@H](C(=O)O)C1. The molecule has 0 aliphatic carbocycles. The number of nitrogens with zero attached hydrogens (tertiary/aromatic N) is 2. The highest BCUT2D eigenvalue weighted by Gasteiger charge is 2.39. The summed E-state index contributed by atoms with van der Waals surface area (Å²) in [5, 5.41) is 13.9. The van der Waals surface area contributed by atoms with E-state index >= 15 is 0 Å². The van der Waals surface area contributed by atoms with E-state index in [-0.39, 0.29) is 29.6 Å². The summed E-state index contributed by atoms with van der Waals surface area (Å²) < 4.78 is 5.21. The number of aromatic nitrogens is 1. The van der Waals surface area contributed by atoms with E-state index < -0.39 is 11.9 Å². The smallest absolute Gasteiger partial charge is 0.308 e. The third kappa shape index (κ3) is 3.12. The minimum Gasteiger partial charge on any atom is -0.481 e. The van der Waals surface area contributed by atoms with Crippen LogP contribution in [0.25, 0.3) is 11.3 Å². The number of carbonyl (C=O) groups is 2. The maximum absolute atomic E-state index is 13.0. The van der Waals surface area contributed by atoms with Crippen molar-refractivity contribution in [1.29, 1.82) is 0 Å². The van der Waals surface area contributed by atoms with E-state index in [9.17, 15) is 14.7 Å². The quantitative estimate of drug-likeness (QED) is 0.873. The molecule has 2 heterocycles. The van der Waals surface area contributed by atoms with Gasteiger partial charge in [0.25, 0.3) is 5.91 Å². The lowest BCUT2D eigenvalue weighted by Gasteiger charge is -2.16. The Morgan fingerprint density at radius 3 is 2.48 bits per heavy atom. The number of hydrogen-bond acceptors (Lipinski definition) is 4. The second kappa shape index (κ2) is 6.69. The highest BCUT2D eigenvalue weighted by Crippen LogP contribution is 2.37.